The zero-order valence-corrected chi connectivity index (χ0v) is 13.4. The summed E-state index contributed by atoms with van der Waals surface area (Å²) in [6.07, 6.45) is 0.0445. The molecule has 3 rings (SSSR count). The molecule has 0 aromatic carbocycles. The second-order valence-electron chi connectivity index (χ2n) is 5.19. The Morgan fingerprint density at radius 3 is 2.68 bits per heavy atom. The van der Waals surface area contributed by atoms with Gasteiger partial charge < -0.3 is 5.11 Å². The van der Waals surface area contributed by atoms with Gasteiger partial charge in [0.15, 0.2) is 5.69 Å². The molecule has 0 saturated heterocycles. The zero-order valence-electron chi connectivity index (χ0n) is 13.4. The Morgan fingerprint density at radius 2 is 2.12 bits per heavy atom. The molecule has 0 radical (unpaired) electrons. The largest absolute Gasteiger partial charge is 0.476 e. The van der Waals surface area contributed by atoms with Crippen molar-refractivity contribution in [2.24, 2.45) is 0 Å². The normalized spacial score (nSPS) is 11.2. The van der Waals surface area contributed by atoms with Crippen molar-refractivity contribution < 1.29 is 18.7 Å². The van der Waals surface area contributed by atoms with Crippen molar-refractivity contribution in [2.75, 3.05) is 0 Å². The van der Waals surface area contributed by atoms with Crippen LogP contribution in [0, 0.1) is 6.92 Å². The van der Waals surface area contributed by atoms with E-state index >= 15 is 0 Å². The summed E-state index contributed by atoms with van der Waals surface area (Å²) < 4.78 is 29.2. The summed E-state index contributed by atoms with van der Waals surface area (Å²) in [5.74, 6) is -1.37. The molecule has 1 N–H and O–H groups in total. The number of aromatic nitrogens is 6. The summed E-state index contributed by atoms with van der Waals surface area (Å²) >= 11 is 0. The fourth-order valence-corrected chi connectivity index (χ4v) is 2.37. The fourth-order valence-electron chi connectivity index (χ4n) is 2.37. The van der Waals surface area contributed by atoms with Crippen molar-refractivity contribution in [3.8, 4) is 17.2 Å². The summed E-state index contributed by atoms with van der Waals surface area (Å²) in [5, 5.41) is 16.9. The van der Waals surface area contributed by atoms with E-state index in [9.17, 15) is 13.6 Å². The van der Waals surface area contributed by atoms with Gasteiger partial charge in [0.1, 0.15) is 5.69 Å². The lowest BCUT2D eigenvalue weighted by Gasteiger charge is -2.08. The minimum atomic E-state index is -2.81. The minimum absolute atomic E-state index is 0.135. The van der Waals surface area contributed by atoms with Gasteiger partial charge in [-0.25, -0.2) is 28.2 Å². The first-order valence-corrected chi connectivity index (χ1v) is 7.40. The van der Waals surface area contributed by atoms with E-state index in [0.29, 0.717) is 12.1 Å². The Morgan fingerprint density at radius 1 is 1.36 bits per heavy atom. The molecule has 130 valence electrons. The first-order valence-electron chi connectivity index (χ1n) is 7.40. The lowest BCUT2D eigenvalue weighted by atomic mass is 10.1. The van der Waals surface area contributed by atoms with E-state index in [-0.39, 0.29) is 17.3 Å². The van der Waals surface area contributed by atoms with Crippen molar-refractivity contribution in [3.05, 3.63) is 41.6 Å². The van der Waals surface area contributed by atoms with Crippen LogP contribution >= 0.6 is 0 Å². The molecule has 0 saturated carbocycles. The van der Waals surface area contributed by atoms with E-state index in [4.69, 9.17) is 5.11 Å². The standard InChI is InChI=1S/C15H14F2N6O2/c1-3-22-8(2)9(7-18-22)11-6-12(13(16)17)20-15(19-11)23-5-4-10(21-23)14(24)25/h4-7,13H,3H2,1-2H3,(H,24,25). The highest BCUT2D eigenvalue weighted by atomic mass is 19.3. The van der Waals surface area contributed by atoms with E-state index in [1.807, 2.05) is 13.8 Å². The molecular weight excluding hydrogens is 334 g/mol. The molecule has 3 aromatic rings. The van der Waals surface area contributed by atoms with Crippen LogP contribution in [0.25, 0.3) is 17.2 Å². The zero-order chi connectivity index (χ0) is 18.1. The van der Waals surface area contributed by atoms with E-state index in [2.05, 4.69) is 20.2 Å². The Balaban J connectivity index is 2.14. The summed E-state index contributed by atoms with van der Waals surface area (Å²) in [7, 11) is 0. The monoisotopic (exact) mass is 348 g/mol. The predicted molar refractivity (Wildman–Crippen MR) is 82.7 cm³/mol. The third kappa shape index (κ3) is 3.10. The molecule has 0 unspecified atom stereocenters. The number of nitrogens with zero attached hydrogens (tertiary/aromatic N) is 6. The van der Waals surface area contributed by atoms with E-state index in [1.54, 1.807) is 10.9 Å². The van der Waals surface area contributed by atoms with Gasteiger partial charge in [0, 0.05) is 24.0 Å². The van der Waals surface area contributed by atoms with Crippen molar-refractivity contribution >= 4 is 5.97 Å². The Labute approximate surface area is 140 Å². The molecule has 0 spiro atoms. The summed E-state index contributed by atoms with van der Waals surface area (Å²) in [6.45, 7) is 4.36. The molecule has 0 bridgehead atoms. The number of carboxylic acids is 1. The van der Waals surface area contributed by atoms with Gasteiger partial charge in [-0.3, -0.25) is 4.68 Å². The summed E-state index contributed by atoms with van der Waals surface area (Å²) in [5.41, 5.74) is 0.931. The fraction of sp³-hybridized carbons (Fsp3) is 0.267. The number of aromatic carboxylic acids is 1. The van der Waals surface area contributed by atoms with E-state index < -0.39 is 18.1 Å². The third-order valence-electron chi connectivity index (χ3n) is 3.65. The molecule has 3 aromatic heterocycles. The van der Waals surface area contributed by atoms with Crippen LogP contribution < -0.4 is 0 Å². The van der Waals surface area contributed by atoms with Gasteiger partial charge in [-0.05, 0) is 26.0 Å². The van der Waals surface area contributed by atoms with Crippen LogP contribution in [0.4, 0.5) is 8.78 Å². The maximum atomic E-state index is 13.2. The van der Waals surface area contributed by atoms with Gasteiger partial charge >= 0.3 is 5.97 Å². The van der Waals surface area contributed by atoms with E-state index in [1.165, 1.54) is 18.3 Å². The number of hydrogen-bond acceptors (Lipinski definition) is 5. The van der Waals surface area contributed by atoms with Crippen molar-refractivity contribution in [1.82, 2.24) is 29.5 Å². The van der Waals surface area contributed by atoms with Crippen molar-refractivity contribution in [1.29, 1.82) is 0 Å². The van der Waals surface area contributed by atoms with E-state index in [0.717, 1.165) is 10.4 Å². The second-order valence-corrected chi connectivity index (χ2v) is 5.19. The van der Waals surface area contributed by atoms with Crippen LogP contribution in [0.15, 0.2) is 24.5 Å². The summed E-state index contributed by atoms with van der Waals surface area (Å²) in [4.78, 5) is 19.0. The maximum Gasteiger partial charge on any atom is 0.356 e. The lowest BCUT2D eigenvalue weighted by Crippen LogP contribution is -2.08. The van der Waals surface area contributed by atoms with Crippen LogP contribution in [0.5, 0.6) is 0 Å². The molecule has 25 heavy (non-hydrogen) atoms. The minimum Gasteiger partial charge on any atom is -0.476 e. The highest BCUT2D eigenvalue weighted by molar-refractivity contribution is 5.85. The molecule has 10 heteroatoms. The number of rotatable bonds is 5. The van der Waals surface area contributed by atoms with Crippen molar-refractivity contribution in [3.63, 3.8) is 0 Å². The van der Waals surface area contributed by atoms with Gasteiger partial charge in [-0.2, -0.15) is 10.2 Å². The number of aryl methyl sites for hydroxylation is 1. The Kier molecular flexibility index (Phi) is 4.26. The predicted octanol–water partition coefficient (Wildman–Crippen LogP) is 2.49. The molecule has 8 nitrogen and oxygen atoms in total. The molecule has 0 atom stereocenters. The van der Waals surface area contributed by atoms with Gasteiger partial charge in [0.2, 0.25) is 0 Å². The third-order valence-corrected chi connectivity index (χ3v) is 3.65. The second kappa shape index (κ2) is 6.38. The Hall–Kier alpha value is -3.17. The SMILES string of the molecule is CCn1ncc(-c2cc(C(F)F)nc(-n3ccc(C(=O)O)n3)n2)c1C. The number of alkyl halides is 2. The van der Waals surface area contributed by atoms with Crippen molar-refractivity contribution in [2.45, 2.75) is 26.8 Å². The molecular formula is C15H14F2N6O2. The molecule has 3 heterocycles. The number of halogens is 2. The highest BCUT2D eigenvalue weighted by Crippen LogP contribution is 2.26. The molecule has 0 fully saturated rings. The van der Waals surface area contributed by atoms with Gasteiger partial charge in [-0.15, -0.1) is 0 Å². The average Bonchev–Trinajstić information content (AvgIpc) is 3.21. The van der Waals surface area contributed by atoms with Crippen LogP contribution in [-0.4, -0.2) is 40.6 Å². The van der Waals surface area contributed by atoms with Gasteiger partial charge in [0.25, 0.3) is 12.4 Å². The Bertz CT molecular complexity index is 934. The van der Waals surface area contributed by atoms with Gasteiger partial charge in [-0.1, -0.05) is 0 Å². The number of carboxylic acid groups (broad SMARTS) is 1. The first-order chi connectivity index (χ1) is 11.9. The van der Waals surface area contributed by atoms with Crippen LogP contribution in [-0.2, 0) is 6.54 Å². The molecule has 0 aliphatic carbocycles. The number of hydrogen-bond donors (Lipinski definition) is 1. The molecule has 0 aliphatic rings. The molecule has 0 amide bonds. The lowest BCUT2D eigenvalue weighted by molar-refractivity contribution is 0.0690. The van der Waals surface area contributed by atoms with Crippen LogP contribution in [0.3, 0.4) is 0 Å². The van der Waals surface area contributed by atoms with Crippen LogP contribution in [0.1, 0.15) is 35.2 Å². The summed E-state index contributed by atoms with van der Waals surface area (Å²) in [6, 6.07) is 2.43. The number of carbonyl (C=O) groups is 1. The molecule has 0 aliphatic heterocycles. The quantitative estimate of drug-likeness (QED) is 0.760. The van der Waals surface area contributed by atoms with Gasteiger partial charge in [0.05, 0.1) is 11.9 Å². The first kappa shape index (κ1) is 16.7. The average molecular weight is 348 g/mol. The topological polar surface area (TPSA) is 98.7 Å². The maximum absolute atomic E-state index is 13.2. The van der Waals surface area contributed by atoms with Crippen LogP contribution in [0.2, 0.25) is 0 Å². The highest BCUT2D eigenvalue weighted by Gasteiger charge is 2.18. The smallest absolute Gasteiger partial charge is 0.356 e.